The number of nitrogens with zero attached hydrogens (tertiary/aromatic N) is 3. The number of allylic oxidation sites excluding steroid dienone is 1. The van der Waals surface area contributed by atoms with E-state index < -0.39 is 0 Å². The van der Waals surface area contributed by atoms with Crippen LogP contribution in [0.25, 0.3) is 17.5 Å². The number of imidazole rings is 1. The van der Waals surface area contributed by atoms with Crippen LogP contribution >= 0.6 is 0 Å². The van der Waals surface area contributed by atoms with Crippen LogP contribution in [0.15, 0.2) is 42.9 Å². The van der Waals surface area contributed by atoms with Gasteiger partial charge in [-0.2, -0.15) is 0 Å². The van der Waals surface area contributed by atoms with E-state index in [1.807, 2.05) is 12.3 Å². The lowest BCUT2D eigenvalue weighted by molar-refractivity contribution is 0.959. The summed E-state index contributed by atoms with van der Waals surface area (Å²) < 4.78 is 0. The summed E-state index contributed by atoms with van der Waals surface area (Å²) in [5.74, 6) is 1.69. The molecular weight excluding hydrogens is 298 g/mol. The number of fused-ring (bicyclic) bond motifs is 1. The summed E-state index contributed by atoms with van der Waals surface area (Å²) in [6.07, 6.45) is 9.54. The molecule has 1 aliphatic rings. The normalized spacial score (nSPS) is 12.4. The van der Waals surface area contributed by atoms with Gasteiger partial charge >= 0.3 is 0 Å². The third kappa shape index (κ3) is 2.93. The van der Waals surface area contributed by atoms with Gasteiger partial charge in [0.15, 0.2) is 5.82 Å². The summed E-state index contributed by atoms with van der Waals surface area (Å²) in [7, 11) is 0. The molecule has 0 fully saturated rings. The van der Waals surface area contributed by atoms with Gasteiger partial charge in [0.2, 0.25) is 0 Å². The van der Waals surface area contributed by atoms with Crippen LogP contribution in [0, 0.1) is 6.92 Å². The molecule has 0 aliphatic heterocycles. The topological polar surface area (TPSA) is 66.5 Å². The highest BCUT2D eigenvalue weighted by molar-refractivity contribution is 5.72. The molecule has 0 unspecified atom stereocenters. The summed E-state index contributed by atoms with van der Waals surface area (Å²) in [6, 6.07) is 8.32. The standard InChI is InChI=1S/C19H19N5/c1-13-4-2-5-14(10-13)18-23-17-7-3-6-16(17)19(24-18)21-9-8-15-11-20-12-22-15/h2-6,10-12H,7-9H2,1H3,(H,20,22)(H,21,23,24). The van der Waals surface area contributed by atoms with Crippen LogP contribution in [-0.2, 0) is 12.8 Å². The van der Waals surface area contributed by atoms with Crippen LogP contribution in [-0.4, -0.2) is 26.5 Å². The molecule has 0 saturated heterocycles. The van der Waals surface area contributed by atoms with Crippen molar-refractivity contribution in [2.45, 2.75) is 19.8 Å². The summed E-state index contributed by atoms with van der Waals surface area (Å²) >= 11 is 0. The van der Waals surface area contributed by atoms with Crippen molar-refractivity contribution in [3.63, 3.8) is 0 Å². The van der Waals surface area contributed by atoms with Gasteiger partial charge in [-0.15, -0.1) is 0 Å². The van der Waals surface area contributed by atoms with Crippen molar-refractivity contribution in [2.75, 3.05) is 11.9 Å². The van der Waals surface area contributed by atoms with Gasteiger partial charge in [-0.05, 0) is 13.0 Å². The largest absolute Gasteiger partial charge is 0.369 e. The smallest absolute Gasteiger partial charge is 0.161 e. The lowest BCUT2D eigenvalue weighted by atomic mass is 10.1. The molecule has 0 atom stereocenters. The number of anilines is 1. The molecule has 0 amide bonds. The van der Waals surface area contributed by atoms with Crippen LogP contribution in [0.2, 0.25) is 0 Å². The molecule has 1 aliphatic carbocycles. The monoisotopic (exact) mass is 317 g/mol. The molecule has 2 N–H and O–H groups in total. The van der Waals surface area contributed by atoms with E-state index in [9.17, 15) is 0 Å². The molecule has 3 aromatic rings. The first kappa shape index (κ1) is 14.6. The molecule has 0 spiro atoms. The lowest BCUT2D eigenvalue weighted by Gasteiger charge is -2.12. The van der Waals surface area contributed by atoms with Gasteiger partial charge in [0.25, 0.3) is 0 Å². The Morgan fingerprint density at radius 3 is 3.04 bits per heavy atom. The van der Waals surface area contributed by atoms with Gasteiger partial charge in [0, 0.05) is 42.4 Å². The highest BCUT2D eigenvalue weighted by Crippen LogP contribution is 2.28. The summed E-state index contributed by atoms with van der Waals surface area (Å²) in [4.78, 5) is 16.7. The maximum Gasteiger partial charge on any atom is 0.161 e. The minimum Gasteiger partial charge on any atom is -0.369 e. The van der Waals surface area contributed by atoms with Gasteiger partial charge < -0.3 is 10.3 Å². The van der Waals surface area contributed by atoms with Crippen molar-refractivity contribution in [3.05, 3.63) is 65.4 Å². The van der Waals surface area contributed by atoms with Gasteiger partial charge in [0.1, 0.15) is 5.82 Å². The second-order valence-corrected chi connectivity index (χ2v) is 5.99. The average Bonchev–Trinajstić information content (AvgIpc) is 3.26. The maximum atomic E-state index is 4.78. The fraction of sp³-hybridized carbons (Fsp3) is 0.211. The molecule has 5 nitrogen and oxygen atoms in total. The van der Waals surface area contributed by atoms with Crippen molar-refractivity contribution in [2.24, 2.45) is 0 Å². The van der Waals surface area contributed by atoms with E-state index in [0.29, 0.717) is 0 Å². The Morgan fingerprint density at radius 2 is 2.21 bits per heavy atom. The Bertz CT molecular complexity index is 881. The van der Waals surface area contributed by atoms with Crippen molar-refractivity contribution >= 4 is 11.9 Å². The molecule has 0 saturated carbocycles. The number of aromatic amines is 1. The van der Waals surface area contributed by atoms with E-state index in [0.717, 1.165) is 53.5 Å². The number of hydrogen-bond acceptors (Lipinski definition) is 4. The van der Waals surface area contributed by atoms with Crippen LogP contribution in [0.1, 0.15) is 22.5 Å². The molecular formula is C19H19N5. The number of nitrogens with one attached hydrogen (secondary N) is 2. The Balaban J connectivity index is 1.61. The quantitative estimate of drug-likeness (QED) is 0.757. The zero-order valence-corrected chi connectivity index (χ0v) is 13.6. The minimum absolute atomic E-state index is 0.783. The first-order chi connectivity index (χ1) is 11.8. The summed E-state index contributed by atoms with van der Waals surface area (Å²) in [5.41, 5.74) is 5.58. The van der Waals surface area contributed by atoms with E-state index in [1.165, 1.54) is 5.56 Å². The number of hydrogen-bond donors (Lipinski definition) is 2. The number of aromatic nitrogens is 4. The van der Waals surface area contributed by atoms with Crippen LogP contribution < -0.4 is 5.32 Å². The fourth-order valence-corrected chi connectivity index (χ4v) is 2.92. The molecule has 24 heavy (non-hydrogen) atoms. The second kappa shape index (κ2) is 6.28. The number of rotatable bonds is 5. The van der Waals surface area contributed by atoms with Crippen molar-refractivity contribution < 1.29 is 0 Å². The van der Waals surface area contributed by atoms with Crippen molar-refractivity contribution in [1.82, 2.24) is 19.9 Å². The van der Waals surface area contributed by atoms with Crippen LogP contribution in [0.5, 0.6) is 0 Å². The summed E-state index contributed by atoms with van der Waals surface area (Å²) in [5, 5.41) is 3.46. The first-order valence-electron chi connectivity index (χ1n) is 8.15. The van der Waals surface area contributed by atoms with E-state index in [1.54, 1.807) is 6.33 Å². The average molecular weight is 317 g/mol. The van der Waals surface area contributed by atoms with Gasteiger partial charge in [0.05, 0.1) is 12.0 Å². The van der Waals surface area contributed by atoms with Gasteiger partial charge in [-0.3, -0.25) is 0 Å². The highest BCUT2D eigenvalue weighted by atomic mass is 15.0. The predicted octanol–water partition coefficient (Wildman–Crippen LogP) is 3.40. The number of benzene rings is 1. The lowest BCUT2D eigenvalue weighted by Crippen LogP contribution is -2.10. The van der Waals surface area contributed by atoms with E-state index in [2.05, 4.69) is 52.6 Å². The van der Waals surface area contributed by atoms with Gasteiger partial charge in [-0.25, -0.2) is 15.0 Å². The molecule has 120 valence electrons. The molecule has 0 bridgehead atoms. The van der Waals surface area contributed by atoms with Crippen LogP contribution in [0.4, 0.5) is 5.82 Å². The zero-order chi connectivity index (χ0) is 16.4. The fourth-order valence-electron chi connectivity index (χ4n) is 2.92. The Labute approximate surface area is 140 Å². The molecule has 4 rings (SSSR count). The van der Waals surface area contributed by atoms with E-state index in [-0.39, 0.29) is 0 Å². The molecule has 0 radical (unpaired) electrons. The SMILES string of the molecule is Cc1cccc(-c2nc3c(c(NCCc4cnc[nH]4)n2)C=CC3)c1. The predicted molar refractivity (Wildman–Crippen MR) is 95.7 cm³/mol. The summed E-state index contributed by atoms with van der Waals surface area (Å²) in [6.45, 7) is 2.88. The number of aryl methyl sites for hydroxylation is 1. The second-order valence-electron chi connectivity index (χ2n) is 5.99. The third-order valence-electron chi connectivity index (χ3n) is 4.14. The Hall–Kier alpha value is -2.95. The van der Waals surface area contributed by atoms with Crippen LogP contribution in [0.3, 0.4) is 0 Å². The van der Waals surface area contributed by atoms with E-state index in [4.69, 9.17) is 9.97 Å². The molecule has 1 aromatic carbocycles. The molecule has 2 heterocycles. The van der Waals surface area contributed by atoms with Crippen molar-refractivity contribution in [1.29, 1.82) is 0 Å². The molecule has 2 aromatic heterocycles. The molecule has 5 heteroatoms. The first-order valence-corrected chi connectivity index (χ1v) is 8.15. The highest BCUT2D eigenvalue weighted by Gasteiger charge is 2.16. The Morgan fingerprint density at radius 1 is 1.25 bits per heavy atom. The Kier molecular flexibility index (Phi) is 3.83. The van der Waals surface area contributed by atoms with E-state index >= 15 is 0 Å². The maximum absolute atomic E-state index is 4.78. The third-order valence-corrected chi connectivity index (χ3v) is 4.14. The number of H-pyrrole nitrogens is 1. The zero-order valence-electron chi connectivity index (χ0n) is 13.6. The minimum atomic E-state index is 0.783. The van der Waals surface area contributed by atoms with Gasteiger partial charge in [-0.1, -0.05) is 35.9 Å². The van der Waals surface area contributed by atoms with Crippen molar-refractivity contribution in [3.8, 4) is 11.4 Å².